The zero-order chi connectivity index (χ0) is 9.97. The van der Waals surface area contributed by atoms with E-state index in [9.17, 15) is 0 Å². The maximum absolute atomic E-state index is 5.65. The highest BCUT2D eigenvalue weighted by Gasteiger charge is 2.00. The van der Waals surface area contributed by atoms with Crippen LogP contribution in [0.15, 0.2) is 41.1 Å². The minimum Gasteiger partial charge on any atom is -0.399 e. The van der Waals surface area contributed by atoms with E-state index in [1.165, 1.54) is 0 Å². The molecule has 0 aliphatic heterocycles. The molecule has 2 aromatic heterocycles. The number of hydrogen-bond acceptors (Lipinski definition) is 3. The molecule has 0 saturated heterocycles. The third-order valence-electron chi connectivity index (χ3n) is 1.76. The van der Waals surface area contributed by atoms with E-state index in [-0.39, 0.29) is 0 Å². The maximum atomic E-state index is 5.65. The van der Waals surface area contributed by atoms with Gasteiger partial charge in [0.15, 0.2) is 0 Å². The van der Waals surface area contributed by atoms with Crippen LogP contribution in [0.3, 0.4) is 0 Å². The highest BCUT2D eigenvalue weighted by molar-refractivity contribution is 9.10. The van der Waals surface area contributed by atoms with Crippen LogP contribution in [-0.2, 0) is 0 Å². The Kier molecular flexibility index (Phi) is 2.45. The number of nitrogens with zero attached hydrogens (tertiary/aromatic N) is 2. The summed E-state index contributed by atoms with van der Waals surface area (Å²) in [5.74, 6) is 0. The minimum atomic E-state index is 0.691. The summed E-state index contributed by atoms with van der Waals surface area (Å²) in [7, 11) is 0. The molecular weight excluding hydrogens is 242 g/mol. The Morgan fingerprint density at radius 1 is 1.14 bits per heavy atom. The summed E-state index contributed by atoms with van der Waals surface area (Å²) in [5, 5.41) is 0. The molecule has 2 N–H and O–H groups in total. The van der Waals surface area contributed by atoms with Gasteiger partial charge in [0.05, 0.1) is 11.4 Å². The van der Waals surface area contributed by atoms with E-state index in [2.05, 4.69) is 25.9 Å². The van der Waals surface area contributed by atoms with Gasteiger partial charge in [-0.15, -0.1) is 0 Å². The molecule has 2 rings (SSSR count). The molecule has 70 valence electrons. The fraction of sp³-hybridized carbons (Fsp3) is 0. The Morgan fingerprint density at radius 2 is 2.00 bits per heavy atom. The first kappa shape index (κ1) is 9.15. The second kappa shape index (κ2) is 3.75. The van der Waals surface area contributed by atoms with Gasteiger partial charge in [-0.1, -0.05) is 6.07 Å². The van der Waals surface area contributed by atoms with E-state index in [1.807, 2.05) is 18.2 Å². The van der Waals surface area contributed by atoms with Crippen LogP contribution in [0.25, 0.3) is 11.4 Å². The number of hydrogen-bond donors (Lipinski definition) is 1. The molecule has 0 bridgehead atoms. The zero-order valence-electron chi connectivity index (χ0n) is 7.31. The van der Waals surface area contributed by atoms with Crippen LogP contribution >= 0.6 is 15.9 Å². The van der Waals surface area contributed by atoms with Gasteiger partial charge in [0.1, 0.15) is 4.60 Å². The Balaban J connectivity index is 2.49. The third kappa shape index (κ3) is 1.90. The van der Waals surface area contributed by atoms with Crippen molar-refractivity contribution in [1.29, 1.82) is 0 Å². The molecule has 2 heterocycles. The van der Waals surface area contributed by atoms with Gasteiger partial charge in [0.25, 0.3) is 0 Å². The molecule has 0 aromatic carbocycles. The van der Waals surface area contributed by atoms with Crippen LogP contribution in [-0.4, -0.2) is 9.97 Å². The predicted molar refractivity (Wildman–Crippen MR) is 59.6 cm³/mol. The molecule has 0 aliphatic rings. The molecule has 0 fully saturated rings. The van der Waals surface area contributed by atoms with Crippen molar-refractivity contribution in [2.24, 2.45) is 0 Å². The summed E-state index contributed by atoms with van der Waals surface area (Å²) < 4.78 is 0.791. The first-order valence-electron chi connectivity index (χ1n) is 4.10. The highest BCUT2D eigenvalue weighted by atomic mass is 79.9. The van der Waals surface area contributed by atoms with E-state index in [1.54, 1.807) is 18.3 Å². The number of nitrogens with two attached hydrogens (primary N) is 1. The molecule has 4 heteroatoms. The molecule has 0 radical (unpaired) electrons. The summed E-state index contributed by atoms with van der Waals surface area (Å²) in [6, 6.07) is 9.23. The molecule has 3 nitrogen and oxygen atoms in total. The smallest absolute Gasteiger partial charge is 0.106 e. The molecule has 2 aromatic rings. The zero-order valence-corrected chi connectivity index (χ0v) is 8.90. The van der Waals surface area contributed by atoms with Crippen molar-refractivity contribution >= 4 is 21.6 Å². The monoisotopic (exact) mass is 249 g/mol. The molecule has 0 saturated carbocycles. The van der Waals surface area contributed by atoms with Crippen molar-refractivity contribution < 1.29 is 0 Å². The van der Waals surface area contributed by atoms with E-state index in [0.29, 0.717) is 5.69 Å². The standard InChI is InChI=1S/C10H8BrN3/c11-10-3-1-2-8(14-10)9-6-7(12)4-5-13-9/h1-6H,(H2,12,13). The fourth-order valence-electron chi connectivity index (χ4n) is 1.14. The first-order valence-corrected chi connectivity index (χ1v) is 4.89. The lowest BCUT2D eigenvalue weighted by atomic mass is 10.2. The quantitative estimate of drug-likeness (QED) is 0.791. The number of halogens is 1. The number of rotatable bonds is 1. The van der Waals surface area contributed by atoms with Gasteiger partial charge in [-0.05, 0) is 40.2 Å². The van der Waals surface area contributed by atoms with Crippen molar-refractivity contribution in [2.75, 3.05) is 5.73 Å². The summed E-state index contributed by atoms with van der Waals surface area (Å²) in [4.78, 5) is 8.47. The van der Waals surface area contributed by atoms with Crippen LogP contribution in [0.5, 0.6) is 0 Å². The van der Waals surface area contributed by atoms with Crippen LogP contribution in [0.4, 0.5) is 5.69 Å². The van der Waals surface area contributed by atoms with Gasteiger partial charge in [0.2, 0.25) is 0 Å². The second-order valence-corrected chi connectivity index (χ2v) is 3.63. The topological polar surface area (TPSA) is 51.8 Å². The summed E-state index contributed by atoms with van der Waals surface area (Å²) >= 11 is 3.31. The predicted octanol–water partition coefficient (Wildman–Crippen LogP) is 2.49. The highest BCUT2D eigenvalue weighted by Crippen LogP contribution is 2.18. The SMILES string of the molecule is Nc1ccnc(-c2cccc(Br)n2)c1. The molecule has 0 unspecified atom stereocenters. The van der Waals surface area contributed by atoms with Crippen molar-refractivity contribution in [1.82, 2.24) is 9.97 Å². The largest absolute Gasteiger partial charge is 0.399 e. The first-order chi connectivity index (χ1) is 6.75. The Bertz CT molecular complexity index is 413. The molecule has 0 aliphatic carbocycles. The summed E-state index contributed by atoms with van der Waals surface area (Å²) in [6.45, 7) is 0. The third-order valence-corrected chi connectivity index (χ3v) is 2.20. The second-order valence-electron chi connectivity index (χ2n) is 2.82. The van der Waals surface area contributed by atoms with E-state index in [4.69, 9.17) is 5.73 Å². The van der Waals surface area contributed by atoms with Crippen molar-refractivity contribution in [3.63, 3.8) is 0 Å². The van der Waals surface area contributed by atoms with Gasteiger partial charge in [-0.2, -0.15) is 0 Å². The Hall–Kier alpha value is -1.42. The Labute approximate surface area is 90.1 Å². The molecule has 0 spiro atoms. The lowest BCUT2D eigenvalue weighted by molar-refractivity contribution is 1.22. The minimum absolute atomic E-state index is 0.691. The number of anilines is 1. The van der Waals surface area contributed by atoms with Crippen LogP contribution in [0, 0.1) is 0 Å². The van der Waals surface area contributed by atoms with Gasteiger partial charge < -0.3 is 5.73 Å². The lowest BCUT2D eigenvalue weighted by Crippen LogP contribution is -1.90. The van der Waals surface area contributed by atoms with Crippen LogP contribution in [0.2, 0.25) is 0 Å². The summed E-state index contributed by atoms with van der Waals surface area (Å²) in [6.07, 6.45) is 1.67. The van der Waals surface area contributed by atoms with E-state index in [0.717, 1.165) is 16.0 Å². The van der Waals surface area contributed by atoms with Crippen LogP contribution < -0.4 is 5.73 Å². The average Bonchev–Trinajstić information content (AvgIpc) is 2.18. The van der Waals surface area contributed by atoms with E-state index < -0.39 is 0 Å². The Morgan fingerprint density at radius 3 is 2.71 bits per heavy atom. The van der Waals surface area contributed by atoms with Crippen molar-refractivity contribution in [3.8, 4) is 11.4 Å². The van der Waals surface area contributed by atoms with Gasteiger partial charge in [-0.25, -0.2) is 4.98 Å². The number of pyridine rings is 2. The molecule has 0 atom stereocenters. The fourth-order valence-corrected chi connectivity index (χ4v) is 1.48. The average molecular weight is 250 g/mol. The van der Waals surface area contributed by atoms with Crippen LogP contribution in [0.1, 0.15) is 0 Å². The van der Waals surface area contributed by atoms with Crippen molar-refractivity contribution in [2.45, 2.75) is 0 Å². The number of nitrogen functional groups attached to an aromatic ring is 1. The van der Waals surface area contributed by atoms with E-state index >= 15 is 0 Å². The maximum Gasteiger partial charge on any atom is 0.106 e. The summed E-state index contributed by atoms with van der Waals surface area (Å²) in [5.41, 5.74) is 7.94. The lowest BCUT2D eigenvalue weighted by Gasteiger charge is -2.00. The van der Waals surface area contributed by atoms with Gasteiger partial charge in [0, 0.05) is 11.9 Å². The van der Waals surface area contributed by atoms with Gasteiger partial charge in [-0.3, -0.25) is 4.98 Å². The molecule has 14 heavy (non-hydrogen) atoms. The normalized spacial score (nSPS) is 10.1. The van der Waals surface area contributed by atoms with Crippen molar-refractivity contribution in [3.05, 3.63) is 41.1 Å². The molecular formula is C10H8BrN3. The number of aromatic nitrogens is 2. The van der Waals surface area contributed by atoms with Gasteiger partial charge >= 0.3 is 0 Å². The molecule has 0 amide bonds.